The van der Waals surface area contributed by atoms with Crippen LogP contribution in [0.25, 0.3) is 17.0 Å². The fourth-order valence-corrected chi connectivity index (χ4v) is 3.70. The predicted molar refractivity (Wildman–Crippen MR) is 127 cm³/mol. The van der Waals surface area contributed by atoms with Crippen molar-refractivity contribution >= 4 is 44.8 Å². The van der Waals surface area contributed by atoms with Crippen LogP contribution in [0.3, 0.4) is 0 Å². The van der Waals surface area contributed by atoms with Gasteiger partial charge in [-0.3, -0.25) is 4.79 Å². The number of hydrogen-bond acceptors (Lipinski definition) is 5. The highest BCUT2D eigenvalue weighted by Gasteiger charge is 2.20. The molecule has 1 aromatic heterocycles. The van der Waals surface area contributed by atoms with Gasteiger partial charge >= 0.3 is 5.97 Å². The van der Waals surface area contributed by atoms with Crippen LogP contribution in [0.15, 0.2) is 52.6 Å². The Morgan fingerprint density at radius 3 is 2.79 bits per heavy atom. The molecular weight excluding hydrogens is 490 g/mol. The molecule has 0 saturated carbocycles. The molecule has 0 aliphatic carbocycles. The van der Waals surface area contributed by atoms with Gasteiger partial charge in [-0.15, -0.1) is 0 Å². The van der Waals surface area contributed by atoms with Crippen molar-refractivity contribution in [1.29, 1.82) is 5.26 Å². The number of nitriles is 1. The summed E-state index contributed by atoms with van der Waals surface area (Å²) < 4.78 is 11.5. The number of rotatable bonds is 9. The quantitative estimate of drug-likeness (QED) is 0.294. The summed E-state index contributed by atoms with van der Waals surface area (Å²) in [4.78, 5) is 27.1. The fraction of sp³-hybridized carbons (Fsp3) is 0.208. The first kappa shape index (κ1) is 23.9. The number of carbonyl (C=O) groups is 2. The third-order valence-corrected chi connectivity index (χ3v) is 5.39. The summed E-state index contributed by atoms with van der Waals surface area (Å²) >= 11 is 3.35. The SMILES string of the molecule is COc1cc(Br)cc(/C=C(/C#N)C(=O)NCCc2c[nH]c3ccccc23)c1OC(C)C(=O)O. The molecule has 1 atom stereocenters. The van der Waals surface area contributed by atoms with E-state index in [2.05, 4.69) is 26.2 Å². The second-order valence-corrected chi connectivity index (χ2v) is 8.08. The van der Waals surface area contributed by atoms with Crippen molar-refractivity contribution in [1.82, 2.24) is 10.3 Å². The van der Waals surface area contributed by atoms with Gasteiger partial charge in [0.15, 0.2) is 17.6 Å². The number of nitrogens with zero attached hydrogens (tertiary/aromatic N) is 1. The van der Waals surface area contributed by atoms with Crippen molar-refractivity contribution in [2.75, 3.05) is 13.7 Å². The summed E-state index contributed by atoms with van der Waals surface area (Å²) in [5, 5.41) is 22.6. The number of hydrogen-bond donors (Lipinski definition) is 3. The first-order valence-electron chi connectivity index (χ1n) is 10.1. The number of carbonyl (C=O) groups excluding carboxylic acids is 1. The van der Waals surface area contributed by atoms with Gasteiger partial charge in [-0.25, -0.2) is 4.79 Å². The Labute approximate surface area is 198 Å². The van der Waals surface area contributed by atoms with Crippen LogP contribution in [0.4, 0.5) is 0 Å². The van der Waals surface area contributed by atoms with Crippen molar-refractivity contribution in [3.8, 4) is 17.6 Å². The number of para-hydroxylation sites is 1. The molecule has 0 aliphatic rings. The number of benzene rings is 2. The number of aromatic nitrogens is 1. The molecule has 3 rings (SSSR count). The smallest absolute Gasteiger partial charge is 0.344 e. The van der Waals surface area contributed by atoms with Gasteiger partial charge in [-0.2, -0.15) is 5.26 Å². The number of carboxylic acid groups (broad SMARTS) is 1. The van der Waals surface area contributed by atoms with E-state index in [4.69, 9.17) is 9.47 Å². The number of fused-ring (bicyclic) bond motifs is 1. The maximum atomic E-state index is 12.7. The van der Waals surface area contributed by atoms with E-state index in [9.17, 15) is 20.0 Å². The highest BCUT2D eigenvalue weighted by molar-refractivity contribution is 9.10. The van der Waals surface area contributed by atoms with Gasteiger partial charge in [0, 0.05) is 33.7 Å². The van der Waals surface area contributed by atoms with E-state index < -0.39 is 18.0 Å². The second-order valence-electron chi connectivity index (χ2n) is 7.16. The molecule has 1 heterocycles. The number of methoxy groups -OCH3 is 1. The molecule has 0 bridgehead atoms. The predicted octanol–water partition coefficient (Wildman–Crippen LogP) is 4.06. The Bertz CT molecular complexity index is 1260. The summed E-state index contributed by atoms with van der Waals surface area (Å²) in [6.07, 6.45) is 2.67. The van der Waals surface area contributed by atoms with Gasteiger partial charge in [-0.05, 0) is 43.2 Å². The lowest BCUT2D eigenvalue weighted by Gasteiger charge is -2.17. The van der Waals surface area contributed by atoms with Gasteiger partial charge in [0.1, 0.15) is 11.6 Å². The van der Waals surface area contributed by atoms with Crippen LogP contribution in [0, 0.1) is 11.3 Å². The minimum atomic E-state index is -1.16. The number of halogens is 1. The first-order chi connectivity index (χ1) is 15.8. The second kappa shape index (κ2) is 10.7. The van der Waals surface area contributed by atoms with Gasteiger partial charge in [-0.1, -0.05) is 34.1 Å². The average molecular weight is 512 g/mol. The highest BCUT2D eigenvalue weighted by Crippen LogP contribution is 2.37. The Kier molecular flexibility index (Phi) is 7.74. The van der Waals surface area contributed by atoms with Crippen LogP contribution in [-0.2, 0) is 16.0 Å². The molecular formula is C24H22BrN3O5. The molecule has 3 aromatic rings. The lowest BCUT2D eigenvalue weighted by Crippen LogP contribution is -2.26. The number of aliphatic carboxylic acids is 1. The molecule has 3 N–H and O–H groups in total. The highest BCUT2D eigenvalue weighted by atomic mass is 79.9. The summed E-state index contributed by atoms with van der Waals surface area (Å²) in [7, 11) is 1.41. The summed E-state index contributed by atoms with van der Waals surface area (Å²) in [6, 6.07) is 13.0. The zero-order chi connectivity index (χ0) is 24.0. The number of H-pyrrole nitrogens is 1. The number of nitrogens with one attached hydrogen (secondary N) is 2. The van der Waals surface area contributed by atoms with Crippen LogP contribution in [0.5, 0.6) is 11.5 Å². The van der Waals surface area contributed by atoms with E-state index in [1.807, 2.05) is 36.5 Å². The summed E-state index contributed by atoms with van der Waals surface area (Å²) in [5.41, 5.74) is 2.26. The maximum Gasteiger partial charge on any atom is 0.344 e. The molecule has 0 spiro atoms. The van der Waals surface area contributed by atoms with Crippen molar-refractivity contribution in [3.63, 3.8) is 0 Å². The lowest BCUT2D eigenvalue weighted by atomic mass is 10.1. The molecule has 1 amide bonds. The Balaban J connectivity index is 1.80. The van der Waals surface area contributed by atoms with Crippen LogP contribution < -0.4 is 14.8 Å². The van der Waals surface area contributed by atoms with E-state index >= 15 is 0 Å². The maximum absolute atomic E-state index is 12.7. The molecule has 0 fully saturated rings. The number of carboxylic acids is 1. The first-order valence-corrected chi connectivity index (χ1v) is 10.8. The Morgan fingerprint density at radius 1 is 1.33 bits per heavy atom. The average Bonchev–Trinajstić information content (AvgIpc) is 3.21. The number of amides is 1. The van der Waals surface area contributed by atoms with Crippen LogP contribution >= 0.6 is 15.9 Å². The van der Waals surface area contributed by atoms with E-state index in [-0.39, 0.29) is 17.1 Å². The van der Waals surface area contributed by atoms with Crippen LogP contribution in [0.2, 0.25) is 0 Å². The van der Waals surface area contributed by atoms with E-state index in [1.54, 1.807) is 12.1 Å². The monoisotopic (exact) mass is 511 g/mol. The standard InChI is InChI=1S/C24H22BrN3O5/c1-14(24(30)31)33-22-16(10-18(25)11-21(22)32-2)9-17(12-26)23(29)27-8-7-15-13-28-20-6-4-3-5-19(15)20/h3-6,9-11,13-14,28H,7-8H2,1-2H3,(H,27,29)(H,30,31)/b17-9-. The number of aromatic amines is 1. The Morgan fingerprint density at radius 2 is 2.09 bits per heavy atom. The van der Waals surface area contributed by atoms with Crippen LogP contribution in [0.1, 0.15) is 18.1 Å². The lowest BCUT2D eigenvalue weighted by molar-refractivity contribution is -0.144. The molecule has 170 valence electrons. The molecule has 33 heavy (non-hydrogen) atoms. The van der Waals surface area contributed by atoms with Crippen molar-refractivity contribution < 1.29 is 24.2 Å². The van der Waals surface area contributed by atoms with Crippen molar-refractivity contribution in [3.05, 3.63) is 63.8 Å². The van der Waals surface area contributed by atoms with E-state index in [1.165, 1.54) is 20.1 Å². The van der Waals surface area contributed by atoms with Gasteiger partial charge in [0.25, 0.3) is 5.91 Å². The largest absolute Gasteiger partial charge is 0.493 e. The van der Waals surface area contributed by atoms with Crippen molar-refractivity contribution in [2.24, 2.45) is 0 Å². The van der Waals surface area contributed by atoms with E-state index in [0.29, 0.717) is 23.0 Å². The van der Waals surface area contributed by atoms with Crippen molar-refractivity contribution in [2.45, 2.75) is 19.4 Å². The summed E-state index contributed by atoms with van der Waals surface area (Å²) in [6.45, 7) is 1.71. The summed E-state index contributed by atoms with van der Waals surface area (Å²) in [5.74, 6) is -1.32. The molecule has 0 saturated heterocycles. The molecule has 0 radical (unpaired) electrons. The van der Waals surface area contributed by atoms with Gasteiger partial charge < -0.3 is 24.9 Å². The topological polar surface area (TPSA) is 124 Å². The third-order valence-electron chi connectivity index (χ3n) is 4.93. The van der Waals surface area contributed by atoms with Crippen LogP contribution in [-0.4, -0.2) is 41.7 Å². The van der Waals surface area contributed by atoms with Gasteiger partial charge in [0.2, 0.25) is 0 Å². The minimum Gasteiger partial charge on any atom is -0.493 e. The molecule has 1 unspecified atom stereocenters. The Hall–Kier alpha value is -3.77. The molecule has 9 heteroatoms. The normalized spacial score (nSPS) is 12.1. The van der Waals surface area contributed by atoms with E-state index in [0.717, 1.165) is 16.5 Å². The zero-order valence-corrected chi connectivity index (χ0v) is 19.6. The zero-order valence-electron chi connectivity index (χ0n) is 18.0. The number of ether oxygens (including phenoxy) is 2. The molecule has 8 nitrogen and oxygen atoms in total. The molecule has 0 aliphatic heterocycles. The van der Waals surface area contributed by atoms with Gasteiger partial charge in [0.05, 0.1) is 7.11 Å². The molecule has 2 aromatic carbocycles. The third kappa shape index (κ3) is 5.73. The fourth-order valence-electron chi connectivity index (χ4n) is 3.25. The minimum absolute atomic E-state index is 0.120.